The molecule has 1 amide bonds. The highest BCUT2D eigenvalue weighted by Crippen LogP contribution is 2.48. The van der Waals surface area contributed by atoms with Crippen LogP contribution in [0.4, 0.5) is 0 Å². The molecule has 1 N–H and O–H groups in total. The largest absolute Gasteiger partial charge is 0.454 e. The molecule has 0 radical (unpaired) electrons. The van der Waals surface area contributed by atoms with Crippen molar-refractivity contribution in [2.45, 2.75) is 30.1 Å². The van der Waals surface area contributed by atoms with Gasteiger partial charge in [-0.15, -0.1) is 0 Å². The van der Waals surface area contributed by atoms with Gasteiger partial charge in [-0.1, -0.05) is 42.5 Å². The first-order valence-electron chi connectivity index (χ1n) is 9.37. The number of ether oxygens (including phenoxy) is 2. The lowest BCUT2D eigenvalue weighted by molar-refractivity contribution is -0.124. The maximum absolute atomic E-state index is 13.2. The number of fused-ring (bicyclic) bond motifs is 4. The van der Waals surface area contributed by atoms with E-state index in [1.165, 1.54) is 6.07 Å². The van der Waals surface area contributed by atoms with Gasteiger partial charge in [-0.25, -0.2) is 13.1 Å². The summed E-state index contributed by atoms with van der Waals surface area (Å²) in [5.41, 5.74) is 0.737. The third kappa shape index (κ3) is 2.68. The van der Waals surface area contributed by atoms with Gasteiger partial charge in [-0.05, 0) is 42.8 Å². The van der Waals surface area contributed by atoms with Gasteiger partial charge in [0.2, 0.25) is 12.7 Å². The summed E-state index contributed by atoms with van der Waals surface area (Å²) >= 11 is 0. The van der Waals surface area contributed by atoms with Crippen LogP contribution in [0.5, 0.6) is 11.5 Å². The van der Waals surface area contributed by atoms with Crippen LogP contribution in [-0.2, 0) is 26.7 Å². The number of sulfonamides is 1. The predicted octanol–water partition coefficient (Wildman–Crippen LogP) is 3.28. The first-order chi connectivity index (χ1) is 13.9. The van der Waals surface area contributed by atoms with Gasteiger partial charge >= 0.3 is 0 Å². The molecule has 2 aliphatic rings. The summed E-state index contributed by atoms with van der Waals surface area (Å²) in [6.07, 6.45) is 1.12. The van der Waals surface area contributed by atoms with Gasteiger partial charge in [0.15, 0.2) is 11.5 Å². The second-order valence-corrected chi connectivity index (χ2v) is 9.22. The van der Waals surface area contributed by atoms with Crippen LogP contribution in [0.1, 0.15) is 24.5 Å². The summed E-state index contributed by atoms with van der Waals surface area (Å²) in [5, 5.41) is 1.38. The molecule has 0 bridgehead atoms. The summed E-state index contributed by atoms with van der Waals surface area (Å²) in [5.74, 6) is 0.788. The van der Waals surface area contributed by atoms with Crippen LogP contribution in [0, 0.1) is 0 Å². The van der Waals surface area contributed by atoms with Crippen LogP contribution in [-0.4, -0.2) is 21.1 Å². The minimum absolute atomic E-state index is 0.0939. The highest BCUT2D eigenvalue weighted by atomic mass is 32.2. The molecule has 1 aliphatic carbocycles. The molecule has 0 spiro atoms. The fourth-order valence-electron chi connectivity index (χ4n) is 4.26. The summed E-state index contributed by atoms with van der Waals surface area (Å²) in [4.78, 5) is 13.3. The van der Waals surface area contributed by atoms with Gasteiger partial charge in [0.25, 0.3) is 10.0 Å². The zero-order valence-corrected chi connectivity index (χ0v) is 16.6. The predicted molar refractivity (Wildman–Crippen MR) is 108 cm³/mol. The molecule has 29 heavy (non-hydrogen) atoms. The Morgan fingerprint density at radius 3 is 2.69 bits per heavy atom. The molecule has 7 heteroatoms. The van der Waals surface area contributed by atoms with E-state index in [1.54, 1.807) is 31.2 Å². The number of nitrogens with one attached hydrogen (secondary N) is 1. The Kier molecular flexibility index (Phi) is 3.86. The van der Waals surface area contributed by atoms with Crippen molar-refractivity contribution >= 4 is 26.7 Å². The van der Waals surface area contributed by atoms with Crippen LogP contribution in [0.25, 0.3) is 10.8 Å². The normalized spacial score (nSPS) is 19.9. The molecule has 0 saturated heterocycles. The van der Waals surface area contributed by atoms with Gasteiger partial charge < -0.3 is 9.47 Å². The second kappa shape index (κ2) is 6.22. The van der Waals surface area contributed by atoms with Crippen molar-refractivity contribution in [3.05, 3.63) is 65.7 Å². The minimum atomic E-state index is -4.03. The Balaban J connectivity index is 1.51. The minimum Gasteiger partial charge on any atom is -0.454 e. The van der Waals surface area contributed by atoms with Gasteiger partial charge in [-0.2, -0.15) is 0 Å². The van der Waals surface area contributed by atoms with Gasteiger partial charge in [0, 0.05) is 10.9 Å². The van der Waals surface area contributed by atoms with E-state index in [9.17, 15) is 13.2 Å². The fourth-order valence-corrected chi connectivity index (χ4v) is 5.57. The lowest BCUT2D eigenvalue weighted by atomic mass is 9.83. The molecule has 3 aromatic carbocycles. The number of rotatable bonds is 3. The molecule has 3 aromatic rings. The van der Waals surface area contributed by atoms with Crippen LogP contribution in [0.2, 0.25) is 0 Å². The van der Waals surface area contributed by atoms with E-state index in [0.717, 1.165) is 16.5 Å². The Hall–Kier alpha value is -3.06. The average Bonchev–Trinajstić information content (AvgIpc) is 3.32. The zero-order valence-electron chi connectivity index (χ0n) is 15.8. The van der Waals surface area contributed by atoms with E-state index < -0.39 is 21.3 Å². The van der Waals surface area contributed by atoms with Crippen LogP contribution >= 0.6 is 0 Å². The SMILES string of the molecule is C[C@]1(C(=O)NS(=O)(=O)c2cccc3ccccc23)CCc2c1ccc1c2OCO1. The molecular weight excluding hydrogens is 390 g/mol. The number of benzene rings is 3. The first-order valence-corrected chi connectivity index (χ1v) is 10.9. The van der Waals surface area contributed by atoms with E-state index in [-0.39, 0.29) is 11.7 Å². The molecule has 148 valence electrons. The molecule has 1 heterocycles. The molecule has 5 rings (SSSR count). The summed E-state index contributed by atoms with van der Waals surface area (Å²) in [6.45, 7) is 1.93. The third-order valence-corrected chi connectivity index (χ3v) is 7.27. The highest BCUT2D eigenvalue weighted by molar-refractivity contribution is 7.90. The lowest BCUT2D eigenvalue weighted by Gasteiger charge is -2.24. The van der Waals surface area contributed by atoms with Crippen molar-refractivity contribution in [3.63, 3.8) is 0 Å². The quantitative estimate of drug-likeness (QED) is 0.718. The van der Waals surface area contributed by atoms with Crippen molar-refractivity contribution < 1.29 is 22.7 Å². The van der Waals surface area contributed by atoms with Crippen LogP contribution < -0.4 is 14.2 Å². The van der Waals surface area contributed by atoms with Crippen molar-refractivity contribution in [2.24, 2.45) is 0 Å². The third-order valence-electron chi connectivity index (χ3n) is 5.88. The molecular formula is C22H19NO5S. The first kappa shape index (κ1) is 18.0. The Morgan fingerprint density at radius 2 is 1.83 bits per heavy atom. The van der Waals surface area contributed by atoms with Crippen LogP contribution in [0.3, 0.4) is 0 Å². The van der Waals surface area contributed by atoms with Crippen molar-refractivity contribution in [1.29, 1.82) is 0 Å². The molecule has 0 saturated carbocycles. The van der Waals surface area contributed by atoms with E-state index in [1.807, 2.05) is 24.3 Å². The van der Waals surface area contributed by atoms with E-state index in [2.05, 4.69) is 4.72 Å². The number of carbonyl (C=O) groups is 1. The Bertz CT molecular complexity index is 1260. The maximum atomic E-state index is 13.2. The summed E-state index contributed by atoms with van der Waals surface area (Å²) in [7, 11) is -4.03. The second-order valence-electron chi connectivity index (χ2n) is 7.57. The molecule has 0 fully saturated rings. The van der Waals surface area contributed by atoms with Crippen molar-refractivity contribution in [2.75, 3.05) is 6.79 Å². The van der Waals surface area contributed by atoms with E-state index in [0.29, 0.717) is 29.7 Å². The molecule has 6 nitrogen and oxygen atoms in total. The standard InChI is InChI=1S/C22H19NO5S/c1-22(12-11-16-17(22)9-10-18-20(16)28-13-27-18)21(24)23-29(25,26)19-8-4-6-14-5-2-3-7-15(14)19/h2-10H,11-13H2,1H3,(H,23,24)/t22-/m0/s1. The lowest BCUT2D eigenvalue weighted by Crippen LogP contribution is -2.43. The summed E-state index contributed by atoms with van der Waals surface area (Å²) < 4.78 is 39.4. The zero-order chi connectivity index (χ0) is 20.2. The van der Waals surface area contributed by atoms with Gasteiger partial charge in [-0.3, -0.25) is 4.79 Å². The fraction of sp³-hybridized carbons (Fsp3) is 0.227. The Morgan fingerprint density at radius 1 is 1.03 bits per heavy atom. The van der Waals surface area contributed by atoms with Gasteiger partial charge in [0.05, 0.1) is 10.3 Å². The molecule has 0 unspecified atom stereocenters. The molecule has 1 atom stereocenters. The number of hydrogen-bond acceptors (Lipinski definition) is 5. The van der Waals surface area contributed by atoms with E-state index in [4.69, 9.17) is 9.47 Å². The Labute approximate surface area is 168 Å². The highest BCUT2D eigenvalue weighted by Gasteiger charge is 2.45. The smallest absolute Gasteiger partial charge is 0.264 e. The van der Waals surface area contributed by atoms with E-state index >= 15 is 0 Å². The summed E-state index contributed by atoms with van der Waals surface area (Å²) in [6, 6.07) is 15.8. The molecule has 0 aromatic heterocycles. The van der Waals surface area contributed by atoms with Gasteiger partial charge in [0.1, 0.15) is 0 Å². The topological polar surface area (TPSA) is 81.7 Å². The average molecular weight is 409 g/mol. The number of hydrogen-bond donors (Lipinski definition) is 1. The molecule has 1 aliphatic heterocycles. The monoisotopic (exact) mass is 409 g/mol. The number of amides is 1. The van der Waals surface area contributed by atoms with Crippen LogP contribution in [0.15, 0.2) is 59.5 Å². The van der Waals surface area contributed by atoms with Crippen molar-refractivity contribution in [3.8, 4) is 11.5 Å². The maximum Gasteiger partial charge on any atom is 0.264 e. The number of carbonyl (C=O) groups excluding carboxylic acids is 1. The van der Waals surface area contributed by atoms with Crippen molar-refractivity contribution in [1.82, 2.24) is 4.72 Å².